The monoisotopic (exact) mass is 379 g/mol. The van der Waals surface area contributed by atoms with E-state index >= 15 is 0 Å². The van der Waals surface area contributed by atoms with Crippen molar-refractivity contribution in [2.24, 2.45) is 11.8 Å². The van der Waals surface area contributed by atoms with Gasteiger partial charge in [-0.05, 0) is 38.8 Å². The molecule has 2 bridgehead atoms. The number of carbonyl (C=O) groups is 1. The van der Waals surface area contributed by atoms with Gasteiger partial charge in [-0.1, -0.05) is 0 Å². The fourth-order valence-electron chi connectivity index (χ4n) is 5.16. The van der Waals surface area contributed by atoms with Crippen molar-refractivity contribution in [2.45, 2.75) is 38.4 Å². The number of ether oxygens (including phenoxy) is 1. The third kappa shape index (κ3) is 2.85. The molecule has 0 radical (unpaired) electrons. The van der Waals surface area contributed by atoms with Crippen molar-refractivity contribution in [3.63, 3.8) is 0 Å². The number of fused-ring (bicyclic) bond motifs is 1. The van der Waals surface area contributed by atoms with Gasteiger partial charge in [0.1, 0.15) is 5.82 Å². The Balaban J connectivity index is 1.29. The van der Waals surface area contributed by atoms with E-state index in [9.17, 15) is 4.79 Å². The van der Waals surface area contributed by atoms with Gasteiger partial charge in [-0.25, -0.2) is 4.98 Å². The molecular formula is C21H25N5O2. The van der Waals surface area contributed by atoms with Gasteiger partial charge in [0.2, 0.25) is 0 Å². The van der Waals surface area contributed by atoms with E-state index in [0.29, 0.717) is 23.9 Å². The first kappa shape index (κ1) is 17.6. The molecule has 7 nitrogen and oxygen atoms in total. The van der Waals surface area contributed by atoms with Crippen LogP contribution >= 0.6 is 0 Å². The lowest BCUT2D eigenvalue weighted by molar-refractivity contribution is 0.0141. The van der Waals surface area contributed by atoms with Gasteiger partial charge in [-0.2, -0.15) is 0 Å². The quantitative estimate of drug-likeness (QED) is 0.874. The summed E-state index contributed by atoms with van der Waals surface area (Å²) in [5.74, 6) is 1.59. The summed E-state index contributed by atoms with van der Waals surface area (Å²) >= 11 is 0. The molecule has 2 aromatic rings. The SMILES string of the molecule is Cc1ccc(C(=O)NC[C@H]2[C@H]3CN(c4cncc(C)n4)C[C@]34CC[C@H]2O4)cn1. The number of nitrogens with zero attached hydrogens (tertiary/aromatic N) is 4. The number of aromatic nitrogens is 3. The summed E-state index contributed by atoms with van der Waals surface area (Å²) in [6, 6.07) is 3.69. The molecule has 5 rings (SSSR count). The van der Waals surface area contributed by atoms with Crippen LogP contribution in [0.2, 0.25) is 0 Å². The summed E-state index contributed by atoms with van der Waals surface area (Å²) in [7, 11) is 0. The number of pyridine rings is 1. The first-order valence-electron chi connectivity index (χ1n) is 9.96. The molecule has 2 aromatic heterocycles. The minimum atomic E-state index is -0.100. The highest BCUT2D eigenvalue weighted by Gasteiger charge is 2.63. The van der Waals surface area contributed by atoms with Crippen molar-refractivity contribution in [2.75, 3.05) is 24.5 Å². The Kier molecular flexibility index (Phi) is 4.08. The van der Waals surface area contributed by atoms with E-state index in [-0.39, 0.29) is 17.6 Å². The third-order valence-electron chi connectivity index (χ3n) is 6.52. The lowest BCUT2D eigenvalue weighted by atomic mass is 9.73. The van der Waals surface area contributed by atoms with Gasteiger partial charge in [0.05, 0.1) is 29.2 Å². The molecule has 0 aliphatic carbocycles. The molecule has 146 valence electrons. The zero-order valence-electron chi connectivity index (χ0n) is 16.3. The van der Waals surface area contributed by atoms with Crippen molar-refractivity contribution in [1.29, 1.82) is 0 Å². The predicted octanol–water partition coefficient (Wildman–Crippen LogP) is 1.90. The first-order chi connectivity index (χ1) is 13.5. The van der Waals surface area contributed by atoms with Crippen molar-refractivity contribution in [3.05, 3.63) is 47.7 Å². The zero-order chi connectivity index (χ0) is 19.3. The van der Waals surface area contributed by atoms with Gasteiger partial charge in [0, 0.05) is 49.6 Å². The van der Waals surface area contributed by atoms with Gasteiger partial charge >= 0.3 is 0 Å². The van der Waals surface area contributed by atoms with Gasteiger partial charge in [0.25, 0.3) is 5.91 Å². The molecule has 3 aliphatic rings. The Bertz CT molecular complexity index is 902. The van der Waals surface area contributed by atoms with Crippen LogP contribution in [0.4, 0.5) is 5.82 Å². The third-order valence-corrected chi connectivity index (χ3v) is 6.52. The Morgan fingerprint density at radius 1 is 1.29 bits per heavy atom. The number of aryl methyl sites for hydroxylation is 2. The maximum atomic E-state index is 12.5. The average Bonchev–Trinajstić information content (AvgIpc) is 3.35. The Hall–Kier alpha value is -2.54. The average molecular weight is 379 g/mol. The standard InChI is InChI=1S/C21H25N5O2/c1-13-3-4-15(8-23-13)20(27)24-9-16-17-11-26(19-10-22-7-14(2)25-19)12-21(17)6-5-18(16)28-21/h3-4,7-8,10,16-18H,5-6,9,11-12H2,1-2H3,(H,24,27)/t16-,17+,18+,21+/m0/s1. The van der Waals surface area contributed by atoms with Crippen molar-refractivity contribution in [3.8, 4) is 0 Å². The second-order valence-electron chi connectivity index (χ2n) is 8.33. The number of anilines is 1. The summed E-state index contributed by atoms with van der Waals surface area (Å²) < 4.78 is 6.48. The molecule has 0 unspecified atom stereocenters. The smallest absolute Gasteiger partial charge is 0.252 e. The van der Waals surface area contributed by atoms with Crippen LogP contribution in [0.3, 0.4) is 0 Å². The summed E-state index contributed by atoms with van der Waals surface area (Å²) in [5, 5.41) is 3.11. The molecule has 1 amide bonds. The van der Waals surface area contributed by atoms with E-state index in [0.717, 1.165) is 43.1 Å². The second kappa shape index (κ2) is 6.51. The van der Waals surface area contributed by atoms with E-state index < -0.39 is 0 Å². The molecule has 3 fully saturated rings. The lowest BCUT2D eigenvalue weighted by Crippen LogP contribution is -2.41. The summed E-state index contributed by atoms with van der Waals surface area (Å²) in [6.07, 6.45) is 7.64. The number of hydrogen-bond acceptors (Lipinski definition) is 6. The maximum absolute atomic E-state index is 12.5. The van der Waals surface area contributed by atoms with Crippen molar-refractivity contribution >= 4 is 11.7 Å². The number of carbonyl (C=O) groups excluding carboxylic acids is 1. The zero-order valence-corrected chi connectivity index (χ0v) is 16.3. The molecule has 0 saturated carbocycles. The van der Waals surface area contributed by atoms with Crippen LogP contribution in [0, 0.1) is 25.7 Å². The normalized spacial score (nSPS) is 30.5. The van der Waals surface area contributed by atoms with Crippen LogP contribution in [0.5, 0.6) is 0 Å². The van der Waals surface area contributed by atoms with E-state index in [1.165, 1.54) is 0 Å². The number of rotatable bonds is 4. The van der Waals surface area contributed by atoms with E-state index in [1.54, 1.807) is 12.4 Å². The molecule has 5 heterocycles. The molecule has 1 spiro atoms. The highest BCUT2D eigenvalue weighted by Crippen LogP contribution is 2.55. The van der Waals surface area contributed by atoms with Crippen molar-refractivity contribution < 1.29 is 9.53 Å². The van der Waals surface area contributed by atoms with Gasteiger partial charge < -0.3 is 15.0 Å². The topological polar surface area (TPSA) is 80.2 Å². The second-order valence-corrected chi connectivity index (χ2v) is 8.33. The van der Waals surface area contributed by atoms with Crippen LogP contribution < -0.4 is 10.2 Å². The number of amides is 1. The first-order valence-corrected chi connectivity index (χ1v) is 9.96. The Labute approximate surface area is 164 Å². The fourth-order valence-corrected chi connectivity index (χ4v) is 5.16. The molecule has 1 N–H and O–H groups in total. The van der Waals surface area contributed by atoms with Crippen LogP contribution in [0.25, 0.3) is 0 Å². The molecule has 28 heavy (non-hydrogen) atoms. The highest BCUT2D eigenvalue weighted by molar-refractivity contribution is 5.93. The Morgan fingerprint density at radius 3 is 2.96 bits per heavy atom. The van der Waals surface area contributed by atoms with E-state index in [2.05, 4.69) is 25.2 Å². The molecular weight excluding hydrogens is 354 g/mol. The summed E-state index contributed by atoms with van der Waals surface area (Å²) in [6.45, 7) is 6.28. The largest absolute Gasteiger partial charge is 0.369 e. The minimum Gasteiger partial charge on any atom is -0.369 e. The highest BCUT2D eigenvalue weighted by atomic mass is 16.5. The maximum Gasteiger partial charge on any atom is 0.252 e. The molecule has 4 atom stereocenters. The van der Waals surface area contributed by atoms with E-state index in [1.807, 2.05) is 32.2 Å². The van der Waals surface area contributed by atoms with Crippen molar-refractivity contribution in [1.82, 2.24) is 20.3 Å². The van der Waals surface area contributed by atoms with E-state index in [4.69, 9.17) is 4.74 Å². The van der Waals surface area contributed by atoms with Gasteiger partial charge in [0.15, 0.2) is 0 Å². The fraction of sp³-hybridized carbons (Fsp3) is 0.524. The Morgan fingerprint density at radius 2 is 2.18 bits per heavy atom. The molecule has 3 aliphatic heterocycles. The van der Waals surface area contributed by atoms with Crippen LogP contribution in [0.15, 0.2) is 30.7 Å². The molecule has 0 aromatic carbocycles. The van der Waals surface area contributed by atoms with Crippen LogP contribution in [-0.2, 0) is 4.74 Å². The van der Waals surface area contributed by atoms with Crippen LogP contribution in [-0.4, -0.2) is 52.2 Å². The summed E-state index contributed by atoms with van der Waals surface area (Å²) in [4.78, 5) is 28.0. The summed E-state index contributed by atoms with van der Waals surface area (Å²) in [5.41, 5.74) is 2.34. The number of hydrogen-bond donors (Lipinski definition) is 1. The molecule has 7 heteroatoms. The van der Waals surface area contributed by atoms with Gasteiger partial charge in [-0.3, -0.25) is 14.8 Å². The number of nitrogens with one attached hydrogen (secondary N) is 1. The molecule has 3 saturated heterocycles. The lowest BCUT2D eigenvalue weighted by Gasteiger charge is -2.29. The minimum absolute atomic E-state index is 0.0660. The van der Waals surface area contributed by atoms with Crippen LogP contribution in [0.1, 0.15) is 34.6 Å². The van der Waals surface area contributed by atoms with Gasteiger partial charge in [-0.15, -0.1) is 0 Å². The predicted molar refractivity (Wildman–Crippen MR) is 104 cm³/mol.